The van der Waals surface area contributed by atoms with Crippen LogP contribution in [0.4, 0.5) is 0 Å². The zero-order valence-corrected chi connectivity index (χ0v) is 43.0. The molecule has 2 saturated heterocycles. The molecule has 76 heavy (non-hydrogen) atoms. The van der Waals surface area contributed by atoms with Crippen molar-refractivity contribution >= 4 is 0 Å². The van der Waals surface area contributed by atoms with E-state index < -0.39 is 61.4 Å². The SMILES string of the molecule is C=CCO[C@H]1[C@@H](OCc2ccccc2)[C@@H](COCc2ccccc2)O[C@@H](O[C@H]2[C@H](OCc3ccccc3)[C@@H](OCc3ccccc3)[C@H](Oc3ccc(OC)cc3)O[C@@H]2COCc2ccccc2)[C@@H]1OCc1ccccc1. The summed E-state index contributed by atoms with van der Waals surface area (Å²) in [5.41, 5.74) is 5.84. The van der Waals surface area contributed by atoms with Crippen LogP contribution >= 0.6 is 0 Å². The van der Waals surface area contributed by atoms with E-state index in [9.17, 15) is 0 Å². The first-order valence-corrected chi connectivity index (χ1v) is 25.9. The van der Waals surface area contributed by atoms with E-state index >= 15 is 0 Å². The second-order valence-electron chi connectivity index (χ2n) is 18.6. The highest BCUT2D eigenvalue weighted by atomic mass is 16.8. The van der Waals surface area contributed by atoms with Gasteiger partial charge in [-0.3, -0.25) is 0 Å². The third kappa shape index (κ3) is 15.8. The predicted octanol–water partition coefficient (Wildman–Crippen LogP) is 11.3. The minimum Gasteiger partial charge on any atom is -0.497 e. The summed E-state index contributed by atoms with van der Waals surface area (Å²) >= 11 is 0. The van der Waals surface area contributed by atoms with E-state index in [2.05, 4.69) is 6.58 Å². The molecule has 7 aromatic carbocycles. The molecule has 7 aromatic rings. The highest BCUT2D eigenvalue weighted by molar-refractivity contribution is 5.31. The molecular weight excluding hydrogens is 961 g/mol. The van der Waals surface area contributed by atoms with Crippen LogP contribution in [-0.4, -0.2) is 88.3 Å². The highest BCUT2D eigenvalue weighted by Gasteiger charge is 2.55. The van der Waals surface area contributed by atoms with E-state index in [1.165, 1.54) is 0 Å². The van der Waals surface area contributed by atoms with Gasteiger partial charge in [-0.2, -0.15) is 0 Å². The summed E-state index contributed by atoms with van der Waals surface area (Å²) in [5, 5.41) is 0. The summed E-state index contributed by atoms with van der Waals surface area (Å²) in [5.74, 6) is 1.22. The van der Waals surface area contributed by atoms with Crippen LogP contribution < -0.4 is 9.47 Å². The van der Waals surface area contributed by atoms with Crippen molar-refractivity contribution < 1.29 is 56.8 Å². The second kappa shape index (κ2) is 29.1. The van der Waals surface area contributed by atoms with Gasteiger partial charge >= 0.3 is 0 Å². The first kappa shape index (κ1) is 54.3. The molecular formula is C64H68O12. The van der Waals surface area contributed by atoms with Crippen molar-refractivity contribution in [3.05, 3.63) is 252 Å². The number of benzene rings is 7. The lowest BCUT2D eigenvalue weighted by atomic mass is 9.95. The third-order valence-corrected chi connectivity index (χ3v) is 13.1. The molecule has 12 heteroatoms. The Bertz CT molecular complexity index is 2690. The average molecular weight is 1030 g/mol. The van der Waals surface area contributed by atoms with E-state index in [0.29, 0.717) is 24.7 Å². The molecule has 2 aliphatic rings. The summed E-state index contributed by atoms with van der Waals surface area (Å²) in [7, 11) is 1.63. The number of methoxy groups -OCH3 is 1. The van der Waals surface area contributed by atoms with Crippen molar-refractivity contribution in [2.75, 3.05) is 26.9 Å². The number of hydrogen-bond acceptors (Lipinski definition) is 12. The van der Waals surface area contributed by atoms with Crippen LogP contribution in [0.5, 0.6) is 11.5 Å². The molecule has 2 aliphatic heterocycles. The Morgan fingerprint density at radius 2 is 0.711 bits per heavy atom. The normalized spacial score (nSPS) is 23.4. The summed E-state index contributed by atoms with van der Waals surface area (Å²) < 4.78 is 82.2. The van der Waals surface area contributed by atoms with Crippen LogP contribution in [0.3, 0.4) is 0 Å². The lowest BCUT2D eigenvalue weighted by molar-refractivity contribution is -0.371. The molecule has 0 unspecified atom stereocenters. The molecule has 396 valence electrons. The minimum atomic E-state index is -1.12. The van der Waals surface area contributed by atoms with E-state index in [0.717, 1.165) is 33.4 Å². The van der Waals surface area contributed by atoms with Gasteiger partial charge in [-0.25, -0.2) is 0 Å². The molecule has 0 amide bonds. The highest BCUT2D eigenvalue weighted by Crippen LogP contribution is 2.37. The van der Waals surface area contributed by atoms with Crippen molar-refractivity contribution in [1.29, 1.82) is 0 Å². The molecule has 0 spiro atoms. The standard InChI is InChI=1S/C64H68O12/c1-3-38-68-59-57(69-41-49-26-14-6-15-27-49)55(45-66-39-47-22-10-4-11-23-47)74-64(61(59)71-43-51-30-18-8-19-31-51)76-58-56(46-67-40-48-24-12-5-13-25-48)75-63(73-54-36-34-53(65-2)35-37-54)62(72-44-52-32-20-9-21-33-52)60(58)70-42-50-28-16-7-17-29-50/h3-37,55-64H,1,38-46H2,2H3/t55-,56-,57+,58-,59+,60+,61-,62-,63-,64+/m1/s1. The monoisotopic (exact) mass is 1030 g/mol. The van der Waals surface area contributed by atoms with Crippen LogP contribution in [0, 0.1) is 0 Å². The fourth-order valence-corrected chi connectivity index (χ4v) is 9.25. The third-order valence-electron chi connectivity index (χ3n) is 13.1. The Hall–Kier alpha value is -6.52. The number of ether oxygens (including phenoxy) is 12. The summed E-state index contributed by atoms with van der Waals surface area (Å²) in [6, 6.07) is 67.3. The minimum absolute atomic E-state index is 0.0731. The van der Waals surface area contributed by atoms with Crippen LogP contribution in [-0.2, 0) is 87.0 Å². The Balaban J connectivity index is 1.12. The molecule has 0 bridgehead atoms. The lowest BCUT2D eigenvalue weighted by Crippen LogP contribution is -2.67. The van der Waals surface area contributed by atoms with E-state index in [1.807, 2.05) is 206 Å². The topological polar surface area (TPSA) is 111 Å². The summed E-state index contributed by atoms with van der Waals surface area (Å²) in [4.78, 5) is 0. The smallest absolute Gasteiger partial charge is 0.229 e. The van der Waals surface area contributed by atoms with Gasteiger partial charge in [-0.15, -0.1) is 6.58 Å². The van der Waals surface area contributed by atoms with Crippen LogP contribution in [0.2, 0.25) is 0 Å². The van der Waals surface area contributed by atoms with Gasteiger partial charge in [0, 0.05) is 0 Å². The maximum atomic E-state index is 7.53. The Labute approximate surface area is 446 Å². The van der Waals surface area contributed by atoms with Crippen LogP contribution in [0.25, 0.3) is 0 Å². The van der Waals surface area contributed by atoms with Crippen molar-refractivity contribution in [3.8, 4) is 11.5 Å². The molecule has 0 N–H and O–H groups in total. The molecule has 0 radical (unpaired) electrons. The van der Waals surface area contributed by atoms with Gasteiger partial charge in [-0.1, -0.05) is 188 Å². The van der Waals surface area contributed by atoms with Gasteiger partial charge < -0.3 is 56.8 Å². The number of rotatable bonds is 28. The van der Waals surface area contributed by atoms with E-state index in [-0.39, 0.29) is 46.2 Å². The van der Waals surface area contributed by atoms with Crippen LogP contribution in [0.1, 0.15) is 33.4 Å². The molecule has 2 heterocycles. The van der Waals surface area contributed by atoms with Crippen molar-refractivity contribution in [3.63, 3.8) is 0 Å². The molecule has 2 fully saturated rings. The molecule has 12 nitrogen and oxygen atoms in total. The van der Waals surface area contributed by atoms with Crippen molar-refractivity contribution in [2.45, 2.75) is 101 Å². The first-order chi connectivity index (χ1) is 37.6. The lowest BCUT2D eigenvalue weighted by Gasteiger charge is -2.50. The van der Waals surface area contributed by atoms with Gasteiger partial charge in [0.2, 0.25) is 6.29 Å². The molecule has 10 atom stereocenters. The largest absolute Gasteiger partial charge is 0.497 e. The van der Waals surface area contributed by atoms with Crippen molar-refractivity contribution in [2.24, 2.45) is 0 Å². The maximum absolute atomic E-state index is 7.53. The van der Waals surface area contributed by atoms with Crippen LogP contribution in [0.15, 0.2) is 219 Å². The van der Waals surface area contributed by atoms with E-state index in [4.69, 9.17) is 56.8 Å². The molecule has 0 aliphatic carbocycles. The van der Waals surface area contributed by atoms with Gasteiger partial charge in [-0.05, 0) is 57.6 Å². The fourth-order valence-electron chi connectivity index (χ4n) is 9.25. The zero-order valence-electron chi connectivity index (χ0n) is 43.0. The Morgan fingerprint density at radius 3 is 1.13 bits per heavy atom. The number of hydrogen-bond donors (Lipinski definition) is 0. The second-order valence-corrected chi connectivity index (χ2v) is 18.6. The molecule has 0 saturated carbocycles. The van der Waals surface area contributed by atoms with Gasteiger partial charge in [0.05, 0.1) is 66.6 Å². The van der Waals surface area contributed by atoms with Gasteiger partial charge in [0.15, 0.2) is 6.29 Å². The fraction of sp³-hybridized carbons (Fsp3) is 0.312. The first-order valence-electron chi connectivity index (χ1n) is 25.9. The predicted molar refractivity (Wildman–Crippen MR) is 288 cm³/mol. The average Bonchev–Trinajstić information content (AvgIpc) is 3.52. The Kier molecular flexibility index (Phi) is 20.8. The maximum Gasteiger partial charge on any atom is 0.229 e. The van der Waals surface area contributed by atoms with Gasteiger partial charge in [0.1, 0.15) is 60.3 Å². The quantitative estimate of drug-likeness (QED) is 0.0436. The Morgan fingerprint density at radius 1 is 0.368 bits per heavy atom. The summed E-state index contributed by atoms with van der Waals surface area (Å²) in [6.45, 7) is 5.98. The zero-order chi connectivity index (χ0) is 52.0. The van der Waals surface area contributed by atoms with Gasteiger partial charge in [0.25, 0.3) is 0 Å². The summed E-state index contributed by atoms with van der Waals surface area (Å²) in [6.07, 6.45) is -6.98. The molecule has 0 aromatic heterocycles. The molecule has 9 rings (SSSR count). The van der Waals surface area contributed by atoms with E-state index in [1.54, 1.807) is 13.2 Å². The van der Waals surface area contributed by atoms with Crippen molar-refractivity contribution in [1.82, 2.24) is 0 Å².